The molecule has 0 aliphatic carbocycles. The molecule has 0 saturated carbocycles. The smallest absolute Gasteiger partial charge is 0.191 e. The van der Waals surface area contributed by atoms with Crippen molar-refractivity contribution in [1.82, 2.24) is 15.5 Å². The van der Waals surface area contributed by atoms with Crippen LogP contribution < -0.4 is 10.6 Å². The van der Waals surface area contributed by atoms with Crippen molar-refractivity contribution in [2.45, 2.75) is 39.2 Å². The van der Waals surface area contributed by atoms with Gasteiger partial charge in [0.2, 0.25) is 0 Å². The molecule has 1 fully saturated rings. The highest BCUT2D eigenvalue weighted by Gasteiger charge is 2.17. The summed E-state index contributed by atoms with van der Waals surface area (Å²) < 4.78 is 0. The van der Waals surface area contributed by atoms with E-state index in [1.165, 1.54) is 35.7 Å². The standard InChI is InChI=1S/C17H30N4S/c1-13(11-16-6-5-14(2)22-16)20-17(18-3)19-12-15-7-9-21(4)10-8-15/h5-6,13,15H,7-12H2,1-4H3,(H2,18,19,20). The van der Waals surface area contributed by atoms with Gasteiger partial charge in [-0.25, -0.2) is 0 Å². The summed E-state index contributed by atoms with van der Waals surface area (Å²) in [7, 11) is 4.06. The third-order valence-electron chi connectivity index (χ3n) is 4.31. The Labute approximate surface area is 139 Å². The van der Waals surface area contributed by atoms with Crippen LogP contribution in [0.25, 0.3) is 0 Å². The second-order valence-electron chi connectivity index (χ2n) is 6.46. The van der Waals surface area contributed by atoms with Gasteiger partial charge in [0.15, 0.2) is 5.96 Å². The van der Waals surface area contributed by atoms with Crippen LogP contribution in [0.3, 0.4) is 0 Å². The van der Waals surface area contributed by atoms with Gasteiger partial charge in [-0.1, -0.05) is 0 Å². The van der Waals surface area contributed by atoms with E-state index in [0.29, 0.717) is 6.04 Å². The van der Waals surface area contributed by atoms with Gasteiger partial charge >= 0.3 is 0 Å². The first-order chi connectivity index (χ1) is 10.6. The Hall–Kier alpha value is -1.07. The second-order valence-corrected chi connectivity index (χ2v) is 7.83. The van der Waals surface area contributed by atoms with E-state index < -0.39 is 0 Å². The Morgan fingerprint density at radius 2 is 2.14 bits per heavy atom. The molecule has 5 heteroatoms. The van der Waals surface area contributed by atoms with Crippen molar-refractivity contribution in [2.75, 3.05) is 33.7 Å². The molecule has 1 saturated heterocycles. The van der Waals surface area contributed by atoms with E-state index in [2.05, 4.69) is 53.6 Å². The lowest BCUT2D eigenvalue weighted by Crippen LogP contribution is -2.45. The van der Waals surface area contributed by atoms with E-state index in [-0.39, 0.29) is 0 Å². The maximum Gasteiger partial charge on any atom is 0.191 e. The molecule has 2 N–H and O–H groups in total. The summed E-state index contributed by atoms with van der Waals surface area (Å²) in [5.74, 6) is 1.70. The number of guanidine groups is 1. The van der Waals surface area contributed by atoms with E-state index in [0.717, 1.165) is 24.8 Å². The molecule has 0 radical (unpaired) electrons. The van der Waals surface area contributed by atoms with Gasteiger partial charge in [-0.15, -0.1) is 11.3 Å². The maximum absolute atomic E-state index is 4.36. The van der Waals surface area contributed by atoms with Gasteiger partial charge in [-0.2, -0.15) is 0 Å². The maximum atomic E-state index is 4.36. The first-order valence-electron chi connectivity index (χ1n) is 8.28. The molecule has 22 heavy (non-hydrogen) atoms. The number of hydrogen-bond donors (Lipinski definition) is 2. The highest BCUT2D eigenvalue weighted by molar-refractivity contribution is 7.11. The summed E-state index contributed by atoms with van der Waals surface area (Å²) in [6.45, 7) is 7.84. The van der Waals surface area contributed by atoms with E-state index in [1.54, 1.807) is 0 Å². The van der Waals surface area contributed by atoms with E-state index >= 15 is 0 Å². The Kier molecular flexibility index (Phi) is 6.70. The van der Waals surface area contributed by atoms with Crippen LogP contribution in [0.4, 0.5) is 0 Å². The van der Waals surface area contributed by atoms with Crippen molar-refractivity contribution in [3.63, 3.8) is 0 Å². The summed E-state index contributed by atoms with van der Waals surface area (Å²) >= 11 is 1.88. The van der Waals surface area contributed by atoms with Crippen molar-refractivity contribution in [3.8, 4) is 0 Å². The van der Waals surface area contributed by atoms with Crippen LogP contribution in [0.15, 0.2) is 17.1 Å². The topological polar surface area (TPSA) is 39.7 Å². The number of hydrogen-bond acceptors (Lipinski definition) is 3. The van der Waals surface area contributed by atoms with Gasteiger partial charge in [-0.05, 0) is 64.9 Å². The van der Waals surface area contributed by atoms with E-state index in [9.17, 15) is 0 Å². The van der Waals surface area contributed by atoms with E-state index in [4.69, 9.17) is 0 Å². The molecular formula is C17H30N4S. The average Bonchev–Trinajstić information content (AvgIpc) is 2.90. The minimum Gasteiger partial charge on any atom is -0.356 e. The van der Waals surface area contributed by atoms with Crippen LogP contribution in [0.5, 0.6) is 0 Å². The molecule has 1 atom stereocenters. The molecule has 124 valence electrons. The first-order valence-corrected chi connectivity index (χ1v) is 9.09. The van der Waals surface area contributed by atoms with E-state index in [1.807, 2.05) is 18.4 Å². The molecular weight excluding hydrogens is 292 g/mol. The normalized spacial score (nSPS) is 19.2. The zero-order valence-corrected chi connectivity index (χ0v) is 15.2. The van der Waals surface area contributed by atoms with Crippen LogP contribution in [0, 0.1) is 12.8 Å². The van der Waals surface area contributed by atoms with Crippen molar-refractivity contribution in [2.24, 2.45) is 10.9 Å². The first kappa shape index (κ1) is 17.3. The SMILES string of the molecule is CN=C(NCC1CCN(C)CC1)NC(C)Cc1ccc(C)s1. The fraction of sp³-hybridized carbons (Fsp3) is 0.706. The number of rotatable bonds is 5. The highest BCUT2D eigenvalue weighted by atomic mass is 32.1. The Balaban J connectivity index is 1.72. The number of nitrogens with one attached hydrogen (secondary N) is 2. The quantitative estimate of drug-likeness (QED) is 0.646. The number of piperidine rings is 1. The minimum atomic E-state index is 0.390. The van der Waals surface area contributed by atoms with Gasteiger partial charge in [-0.3, -0.25) is 4.99 Å². The summed E-state index contributed by atoms with van der Waals surface area (Å²) in [6, 6.07) is 4.81. The molecule has 2 rings (SSSR count). The summed E-state index contributed by atoms with van der Waals surface area (Å²) in [5, 5.41) is 7.01. The van der Waals surface area contributed by atoms with Crippen molar-refractivity contribution < 1.29 is 0 Å². The zero-order valence-electron chi connectivity index (χ0n) is 14.4. The highest BCUT2D eigenvalue weighted by Crippen LogP contribution is 2.17. The van der Waals surface area contributed by atoms with Gasteiger partial charge in [0.25, 0.3) is 0 Å². The summed E-state index contributed by atoms with van der Waals surface area (Å²) in [6.07, 6.45) is 3.61. The monoisotopic (exact) mass is 322 g/mol. The summed E-state index contributed by atoms with van der Waals surface area (Å²) in [4.78, 5) is 9.59. The third kappa shape index (κ3) is 5.61. The van der Waals surface area contributed by atoms with Crippen LogP contribution in [-0.2, 0) is 6.42 Å². The lowest BCUT2D eigenvalue weighted by atomic mass is 9.97. The van der Waals surface area contributed by atoms with Crippen LogP contribution >= 0.6 is 11.3 Å². The van der Waals surface area contributed by atoms with Gasteiger partial charge < -0.3 is 15.5 Å². The predicted molar refractivity (Wildman–Crippen MR) is 96.9 cm³/mol. The molecule has 0 spiro atoms. The van der Waals surface area contributed by atoms with Crippen molar-refractivity contribution in [3.05, 3.63) is 21.9 Å². The molecule has 1 aliphatic heterocycles. The minimum absolute atomic E-state index is 0.390. The predicted octanol–water partition coefficient (Wildman–Crippen LogP) is 2.49. The second kappa shape index (κ2) is 8.53. The molecule has 1 aromatic heterocycles. The largest absolute Gasteiger partial charge is 0.356 e. The Morgan fingerprint density at radius 1 is 1.41 bits per heavy atom. The lowest BCUT2D eigenvalue weighted by molar-refractivity contribution is 0.220. The number of aliphatic imine (C=N–C) groups is 1. The van der Waals surface area contributed by atoms with Gasteiger partial charge in [0.05, 0.1) is 0 Å². The number of aryl methyl sites for hydroxylation is 1. The fourth-order valence-electron chi connectivity index (χ4n) is 2.88. The average molecular weight is 323 g/mol. The lowest BCUT2D eigenvalue weighted by Gasteiger charge is -2.29. The number of likely N-dealkylation sites (tertiary alicyclic amines) is 1. The van der Waals surface area contributed by atoms with Gasteiger partial charge in [0, 0.05) is 35.8 Å². The zero-order chi connectivity index (χ0) is 15.9. The Morgan fingerprint density at radius 3 is 2.73 bits per heavy atom. The molecule has 1 aromatic rings. The fourth-order valence-corrected chi connectivity index (χ4v) is 3.90. The molecule has 0 bridgehead atoms. The molecule has 0 amide bonds. The molecule has 1 aliphatic rings. The van der Waals surface area contributed by atoms with Crippen LogP contribution in [0.2, 0.25) is 0 Å². The van der Waals surface area contributed by atoms with Crippen LogP contribution in [0.1, 0.15) is 29.5 Å². The molecule has 1 unspecified atom stereocenters. The number of nitrogens with zero attached hydrogens (tertiary/aromatic N) is 2. The molecule has 4 nitrogen and oxygen atoms in total. The van der Waals surface area contributed by atoms with Crippen molar-refractivity contribution >= 4 is 17.3 Å². The van der Waals surface area contributed by atoms with Gasteiger partial charge in [0.1, 0.15) is 0 Å². The third-order valence-corrected chi connectivity index (χ3v) is 5.33. The summed E-state index contributed by atoms with van der Waals surface area (Å²) in [5.41, 5.74) is 0. The molecule has 2 heterocycles. The van der Waals surface area contributed by atoms with Crippen LogP contribution in [-0.4, -0.2) is 50.6 Å². The number of thiophene rings is 1. The molecule has 0 aromatic carbocycles. The Bertz CT molecular complexity index is 475. The van der Waals surface area contributed by atoms with Crippen molar-refractivity contribution in [1.29, 1.82) is 0 Å².